The fraction of sp³-hybridized carbons (Fsp3) is 0.333. The summed E-state index contributed by atoms with van der Waals surface area (Å²) in [6.07, 6.45) is 3.41. The standard InChI is InChI=1S/C18H18O5S/c1-18(2,23-16(20)8-9-24-3)14-10-12-13(21-14)6-4-11-5-7-15(19)22-17(11)12/h4-9,14H,10H2,1-3H3. The van der Waals surface area contributed by atoms with E-state index in [1.54, 1.807) is 11.5 Å². The number of hydrogen-bond donors (Lipinski definition) is 0. The molecule has 3 rings (SSSR count). The van der Waals surface area contributed by atoms with Crippen molar-refractivity contribution in [1.29, 1.82) is 0 Å². The first-order valence-corrected chi connectivity index (χ1v) is 8.84. The molecule has 0 bridgehead atoms. The number of ether oxygens (including phenoxy) is 2. The van der Waals surface area contributed by atoms with Crippen LogP contribution in [-0.4, -0.2) is 23.9 Å². The van der Waals surface area contributed by atoms with Crippen LogP contribution in [0, 0.1) is 0 Å². The van der Waals surface area contributed by atoms with Gasteiger partial charge in [-0.15, -0.1) is 11.8 Å². The second-order valence-electron chi connectivity index (χ2n) is 6.09. The smallest absolute Gasteiger partial charge is 0.336 e. The Morgan fingerprint density at radius 1 is 1.33 bits per heavy atom. The molecule has 1 aromatic carbocycles. The molecule has 1 atom stereocenters. The van der Waals surface area contributed by atoms with E-state index in [4.69, 9.17) is 13.9 Å². The van der Waals surface area contributed by atoms with Crippen molar-refractivity contribution >= 4 is 28.7 Å². The van der Waals surface area contributed by atoms with E-state index < -0.39 is 17.2 Å². The molecule has 5 nitrogen and oxygen atoms in total. The number of rotatable bonds is 4. The molecular formula is C18H18O5S. The van der Waals surface area contributed by atoms with Crippen LogP contribution in [0.5, 0.6) is 5.75 Å². The summed E-state index contributed by atoms with van der Waals surface area (Å²) in [5.41, 5.74) is 0.151. The Labute approximate surface area is 143 Å². The summed E-state index contributed by atoms with van der Waals surface area (Å²) in [7, 11) is 0. The monoisotopic (exact) mass is 346 g/mol. The maximum atomic E-state index is 11.9. The highest BCUT2D eigenvalue weighted by molar-refractivity contribution is 8.01. The predicted octanol–water partition coefficient (Wildman–Crippen LogP) is 3.30. The highest BCUT2D eigenvalue weighted by atomic mass is 32.2. The van der Waals surface area contributed by atoms with E-state index in [0.29, 0.717) is 17.8 Å². The lowest BCUT2D eigenvalue weighted by Gasteiger charge is -2.30. The van der Waals surface area contributed by atoms with Crippen LogP contribution in [0.15, 0.2) is 45.0 Å². The number of carbonyl (C=O) groups is 1. The summed E-state index contributed by atoms with van der Waals surface area (Å²) in [6, 6.07) is 6.82. The number of benzene rings is 1. The second kappa shape index (κ2) is 6.36. The van der Waals surface area contributed by atoms with Gasteiger partial charge < -0.3 is 13.9 Å². The van der Waals surface area contributed by atoms with Crippen molar-refractivity contribution in [2.24, 2.45) is 0 Å². The number of thioether (sulfide) groups is 1. The molecule has 24 heavy (non-hydrogen) atoms. The number of hydrogen-bond acceptors (Lipinski definition) is 6. The molecule has 6 heteroatoms. The average molecular weight is 346 g/mol. The van der Waals surface area contributed by atoms with E-state index in [-0.39, 0.29) is 6.10 Å². The Morgan fingerprint density at radius 2 is 2.08 bits per heavy atom. The van der Waals surface area contributed by atoms with Gasteiger partial charge in [0.2, 0.25) is 0 Å². The van der Waals surface area contributed by atoms with E-state index in [1.165, 1.54) is 23.9 Å². The van der Waals surface area contributed by atoms with Crippen molar-refractivity contribution in [2.75, 3.05) is 6.26 Å². The lowest BCUT2D eigenvalue weighted by atomic mass is 9.96. The maximum absolute atomic E-state index is 11.9. The molecule has 0 aliphatic carbocycles. The Morgan fingerprint density at radius 3 is 2.83 bits per heavy atom. The number of fused-ring (bicyclic) bond motifs is 3. The van der Waals surface area contributed by atoms with Crippen LogP contribution in [0.1, 0.15) is 19.4 Å². The largest absolute Gasteiger partial charge is 0.485 e. The summed E-state index contributed by atoms with van der Waals surface area (Å²) >= 11 is 1.43. The van der Waals surface area contributed by atoms with Crippen LogP contribution in [0.4, 0.5) is 0 Å². The summed E-state index contributed by atoms with van der Waals surface area (Å²) < 4.78 is 16.8. The lowest BCUT2D eigenvalue weighted by Crippen LogP contribution is -2.43. The fourth-order valence-corrected chi connectivity index (χ4v) is 2.97. The van der Waals surface area contributed by atoms with Gasteiger partial charge in [0.1, 0.15) is 23.0 Å². The maximum Gasteiger partial charge on any atom is 0.336 e. The van der Waals surface area contributed by atoms with Crippen LogP contribution < -0.4 is 10.4 Å². The predicted molar refractivity (Wildman–Crippen MR) is 93.4 cm³/mol. The van der Waals surface area contributed by atoms with Gasteiger partial charge in [0.15, 0.2) is 0 Å². The van der Waals surface area contributed by atoms with Crippen molar-refractivity contribution in [3.8, 4) is 5.75 Å². The molecule has 0 amide bonds. The van der Waals surface area contributed by atoms with Gasteiger partial charge in [-0.2, -0.15) is 0 Å². The van der Waals surface area contributed by atoms with Crippen LogP contribution >= 0.6 is 11.8 Å². The summed E-state index contributed by atoms with van der Waals surface area (Å²) in [6.45, 7) is 3.62. The molecular weight excluding hydrogens is 328 g/mol. The topological polar surface area (TPSA) is 65.7 Å². The van der Waals surface area contributed by atoms with Gasteiger partial charge >= 0.3 is 11.6 Å². The summed E-state index contributed by atoms with van der Waals surface area (Å²) in [4.78, 5) is 23.4. The number of esters is 1. The highest BCUT2D eigenvalue weighted by Crippen LogP contribution is 2.38. The minimum Gasteiger partial charge on any atom is -0.485 e. The Balaban J connectivity index is 1.86. The molecule has 0 radical (unpaired) electrons. The van der Waals surface area contributed by atoms with E-state index in [9.17, 15) is 9.59 Å². The van der Waals surface area contributed by atoms with Crippen LogP contribution in [-0.2, 0) is 16.0 Å². The first kappa shape index (κ1) is 16.6. The molecule has 0 fully saturated rings. The lowest BCUT2D eigenvalue weighted by molar-refractivity contribution is -0.158. The summed E-state index contributed by atoms with van der Waals surface area (Å²) in [5, 5.41) is 2.51. The van der Waals surface area contributed by atoms with E-state index in [1.807, 2.05) is 32.2 Å². The molecule has 0 saturated heterocycles. The fourth-order valence-electron chi connectivity index (χ4n) is 2.73. The van der Waals surface area contributed by atoms with Gasteiger partial charge in [0, 0.05) is 29.5 Å². The number of carbonyl (C=O) groups excluding carboxylic acids is 1. The zero-order valence-corrected chi connectivity index (χ0v) is 14.5. The minimum atomic E-state index is -0.819. The van der Waals surface area contributed by atoms with Crippen LogP contribution in [0.3, 0.4) is 0 Å². The van der Waals surface area contributed by atoms with Gasteiger partial charge in [-0.25, -0.2) is 9.59 Å². The van der Waals surface area contributed by atoms with Crippen molar-refractivity contribution in [3.05, 3.63) is 51.7 Å². The zero-order valence-electron chi connectivity index (χ0n) is 13.7. The first-order valence-electron chi connectivity index (χ1n) is 7.55. The zero-order chi connectivity index (χ0) is 17.3. The van der Waals surface area contributed by atoms with Crippen molar-refractivity contribution in [1.82, 2.24) is 0 Å². The van der Waals surface area contributed by atoms with Crippen molar-refractivity contribution < 1.29 is 18.7 Å². The van der Waals surface area contributed by atoms with Gasteiger partial charge in [-0.05, 0) is 43.7 Å². The van der Waals surface area contributed by atoms with Crippen LogP contribution in [0.25, 0.3) is 11.0 Å². The molecule has 0 N–H and O–H groups in total. The van der Waals surface area contributed by atoms with Crippen molar-refractivity contribution in [3.63, 3.8) is 0 Å². The van der Waals surface area contributed by atoms with Gasteiger partial charge in [0.05, 0.1) is 0 Å². The van der Waals surface area contributed by atoms with Gasteiger partial charge in [-0.3, -0.25) is 0 Å². The average Bonchev–Trinajstić information content (AvgIpc) is 2.98. The molecule has 1 aliphatic rings. The third-order valence-electron chi connectivity index (χ3n) is 3.99. The molecule has 1 aliphatic heterocycles. The highest BCUT2D eigenvalue weighted by Gasteiger charge is 2.40. The normalized spacial score (nSPS) is 17.0. The molecule has 0 saturated carbocycles. The molecule has 126 valence electrons. The molecule has 1 unspecified atom stereocenters. The van der Waals surface area contributed by atoms with E-state index in [2.05, 4.69) is 0 Å². The Bertz CT molecular complexity index is 865. The quantitative estimate of drug-likeness (QED) is 0.481. The Hall–Kier alpha value is -2.21. The van der Waals surface area contributed by atoms with Gasteiger partial charge in [-0.1, -0.05) is 0 Å². The third kappa shape index (κ3) is 3.19. The summed E-state index contributed by atoms with van der Waals surface area (Å²) in [5.74, 6) is 0.246. The second-order valence-corrected chi connectivity index (χ2v) is 6.83. The molecule has 1 aromatic heterocycles. The van der Waals surface area contributed by atoms with Gasteiger partial charge in [0.25, 0.3) is 0 Å². The Kier molecular flexibility index (Phi) is 4.41. The first-order chi connectivity index (χ1) is 11.4. The minimum absolute atomic E-state index is 0.352. The molecule has 2 aromatic rings. The third-order valence-corrected chi connectivity index (χ3v) is 4.40. The molecule has 0 spiro atoms. The van der Waals surface area contributed by atoms with Crippen LogP contribution in [0.2, 0.25) is 0 Å². The van der Waals surface area contributed by atoms with Crippen molar-refractivity contribution in [2.45, 2.75) is 32.0 Å². The van der Waals surface area contributed by atoms with E-state index in [0.717, 1.165) is 10.9 Å². The van der Waals surface area contributed by atoms with E-state index >= 15 is 0 Å². The molecule has 2 heterocycles. The SMILES string of the molecule is CSC=CC(=O)OC(C)(C)C1Cc2c(ccc3ccc(=O)oc23)O1.